The molecule has 176 valence electrons. The molecule has 34 heavy (non-hydrogen) atoms. The van der Waals surface area contributed by atoms with Gasteiger partial charge in [0.15, 0.2) is 5.65 Å². The van der Waals surface area contributed by atoms with Crippen LogP contribution in [0, 0.1) is 0 Å². The van der Waals surface area contributed by atoms with E-state index < -0.39 is 5.91 Å². The predicted octanol–water partition coefficient (Wildman–Crippen LogP) is 3.37. The molecule has 0 atom stereocenters. The van der Waals surface area contributed by atoms with Crippen molar-refractivity contribution in [3.8, 4) is 17.0 Å². The average Bonchev–Trinajstić information content (AvgIpc) is 3.42. The third-order valence-electron chi connectivity index (χ3n) is 5.42. The van der Waals surface area contributed by atoms with Crippen LogP contribution in [0.1, 0.15) is 24.2 Å². The predicted molar refractivity (Wildman–Crippen MR) is 128 cm³/mol. The lowest BCUT2D eigenvalue weighted by molar-refractivity contribution is -0.132. The van der Waals surface area contributed by atoms with Gasteiger partial charge < -0.3 is 15.0 Å². The minimum atomic E-state index is -0.416. The Balaban J connectivity index is 1.74. The summed E-state index contributed by atoms with van der Waals surface area (Å²) in [6.07, 6.45) is 6.35. The van der Waals surface area contributed by atoms with Crippen molar-refractivity contribution in [3.63, 3.8) is 0 Å². The molecule has 0 unspecified atom stereocenters. The third-order valence-corrected chi connectivity index (χ3v) is 5.65. The summed E-state index contributed by atoms with van der Waals surface area (Å²) in [5, 5.41) is 12.1. The van der Waals surface area contributed by atoms with E-state index in [9.17, 15) is 9.59 Å². The molecule has 0 spiro atoms. The van der Waals surface area contributed by atoms with Crippen molar-refractivity contribution in [2.24, 2.45) is 0 Å². The van der Waals surface area contributed by atoms with Gasteiger partial charge in [0.1, 0.15) is 23.6 Å². The fourth-order valence-corrected chi connectivity index (χ4v) is 3.55. The van der Waals surface area contributed by atoms with Crippen LogP contribution in [-0.4, -0.2) is 61.3 Å². The van der Waals surface area contributed by atoms with Gasteiger partial charge in [-0.05, 0) is 38.1 Å². The number of ether oxygens (including phenoxy) is 1. The van der Waals surface area contributed by atoms with Crippen molar-refractivity contribution in [1.82, 2.24) is 29.3 Å². The van der Waals surface area contributed by atoms with Gasteiger partial charge in [-0.25, -0.2) is 9.50 Å². The molecule has 4 aromatic rings. The quantitative estimate of drug-likeness (QED) is 0.433. The maximum atomic E-state index is 13.1. The molecule has 0 fully saturated rings. The van der Waals surface area contributed by atoms with Crippen molar-refractivity contribution in [1.29, 1.82) is 0 Å². The van der Waals surface area contributed by atoms with Crippen LogP contribution >= 0.6 is 11.6 Å². The summed E-state index contributed by atoms with van der Waals surface area (Å²) in [5.41, 5.74) is 2.10. The number of fused-ring (bicyclic) bond motifs is 1. The number of benzene rings is 1. The van der Waals surface area contributed by atoms with E-state index in [0.29, 0.717) is 38.9 Å². The SMILES string of the molecule is COc1ccc(Cl)cc1-c1nn(CC(=O)N(C)C(C)C)cc1NC(=O)c1cnn2cccnc12. The lowest BCUT2D eigenvalue weighted by atomic mass is 10.1. The Bertz CT molecular complexity index is 1360. The summed E-state index contributed by atoms with van der Waals surface area (Å²) in [5.74, 6) is -0.0126. The molecule has 3 aromatic heterocycles. The molecule has 3 heterocycles. The molecule has 1 aromatic carbocycles. The fourth-order valence-electron chi connectivity index (χ4n) is 3.37. The highest BCUT2D eigenvalue weighted by Gasteiger charge is 2.22. The molecule has 10 nitrogen and oxygen atoms in total. The summed E-state index contributed by atoms with van der Waals surface area (Å²) in [6, 6.07) is 6.88. The Morgan fingerprint density at radius 1 is 1.29 bits per heavy atom. The van der Waals surface area contributed by atoms with E-state index in [2.05, 4.69) is 20.5 Å². The van der Waals surface area contributed by atoms with Crippen molar-refractivity contribution in [3.05, 3.63) is 59.6 Å². The van der Waals surface area contributed by atoms with Crippen LogP contribution in [0.4, 0.5) is 5.69 Å². The Hall–Kier alpha value is -3.92. The monoisotopic (exact) mass is 481 g/mol. The standard InChI is InChI=1S/C23H24ClN7O3/c1-14(2)29(3)20(32)13-30-12-18(21(28-30)16-10-15(24)6-7-19(16)34-4)27-23(33)17-11-26-31-9-5-8-25-22(17)31/h5-12,14H,13H2,1-4H3,(H,27,33). The lowest BCUT2D eigenvalue weighted by Gasteiger charge is -2.21. The van der Waals surface area contributed by atoms with Crippen molar-refractivity contribution < 1.29 is 14.3 Å². The fraction of sp³-hybridized carbons (Fsp3) is 0.261. The van der Waals surface area contributed by atoms with Crippen molar-refractivity contribution in [2.75, 3.05) is 19.5 Å². The molecule has 0 aliphatic rings. The number of rotatable bonds is 7. The molecule has 0 aliphatic heterocycles. The number of carbonyl (C=O) groups is 2. The normalized spacial score (nSPS) is 11.1. The van der Waals surface area contributed by atoms with Crippen LogP contribution in [-0.2, 0) is 11.3 Å². The van der Waals surface area contributed by atoms with Crippen LogP contribution < -0.4 is 10.1 Å². The molecule has 11 heteroatoms. The van der Waals surface area contributed by atoms with Crippen LogP contribution in [0.15, 0.2) is 49.1 Å². The average molecular weight is 482 g/mol. The smallest absolute Gasteiger partial charge is 0.261 e. The van der Waals surface area contributed by atoms with E-state index >= 15 is 0 Å². The maximum absolute atomic E-state index is 13.1. The third kappa shape index (κ3) is 4.58. The molecular formula is C23H24ClN7O3. The number of halogens is 1. The van der Waals surface area contributed by atoms with Gasteiger partial charge in [0.25, 0.3) is 5.91 Å². The number of methoxy groups -OCH3 is 1. The van der Waals surface area contributed by atoms with E-state index in [1.54, 1.807) is 54.8 Å². The summed E-state index contributed by atoms with van der Waals surface area (Å²) in [7, 11) is 3.27. The van der Waals surface area contributed by atoms with Gasteiger partial charge >= 0.3 is 0 Å². The zero-order valence-electron chi connectivity index (χ0n) is 19.2. The zero-order valence-corrected chi connectivity index (χ0v) is 19.9. The number of anilines is 1. The largest absolute Gasteiger partial charge is 0.496 e. The summed E-state index contributed by atoms with van der Waals surface area (Å²) < 4.78 is 8.49. The highest BCUT2D eigenvalue weighted by atomic mass is 35.5. The summed E-state index contributed by atoms with van der Waals surface area (Å²) in [4.78, 5) is 31.7. The topological polar surface area (TPSA) is 107 Å². The second-order valence-corrected chi connectivity index (χ2v) is 8.37. The van der Waals surface area contributed by atoms with Crippen LogP contribution in [0.25, 0.3) is 16.9 Å². The Morgan fingerprint density at radius 3 is 2.82 bits per heavy atom. The van der Waals surface area contributed by atoms with E-state index in [4.69, 9.17) is 16.3 Å². The molecule has 4 rings (SSSR count). The zero-order chi connectivity index (χ0) is 24.4. The first kappa shape index (κ1) is 23.2. The van der Waals surface area contributed by atoms with Gasteiger partial charge in [-0.3, -0.25) is 14.3 Å². The minimum absolute atomic E-state index is 0.00129. The van der Waals surface area contributed by atoms with Gasteiger partial charge in [0.2, 0.25) is 5.91 Å². The number of amides is 2. The maximum Gasteiger partial charge on any atom is 0.261 e. The Labute approximate surface area is 201 Å². The minimum Gasteiger partial charge on any atom is -0.496 e. The van der Waals surface area contributed by atoms with E-state index in [1.807, 2.05) is 13.8 Å². The van der Waals surface area contributed by atoms with Gasteiger partial charge in [0, 0.05) is 42.3 Å². The molecule has 0 aliphatic carbocycles. The number of hydrogen-bond donors (Lipinski definition) is 1. The van der Waals surface area contributed by atoms with Crippen LogP contribution in [0.2, 0.25) is 5.02 Å². The number of nitrogens with one attached hydrogen (secondary N) is 1. The van der Waals surface area contributed by atoms with E-state index in [0.717, 1.165) is 0 Å². The molecule has 1 N–H and O–H groups in total. The van der Waals surface area contributed by atoms with Crippen molar-refractivity contribution >= 4 is 34.7 Å². The molecule has 0 saturated heterocycles. The lowest BCUT2D eigenvalue weighted by Crippen LogP contribution is -2.35. The number of hydrogen-bond acceptors (Lipinski definition) is 6. The second-order valence-electron chi connectivity index (χ2n) is 7.93. The Kier molecular flexibility index (Phi) is 6.51. The van der Waals surface area contributed by atoms with Crippen LogP contribution in [0.5, 0.6) is 5.75 Å². The van der Waals surface area contributed by atoms with Crippen LogP contribution in [0.3, 0.4) is 0 Å². The van der Waals surface area contributed by atoms with Gasteiger partial charge in [0.05, 0.1) is 19.0 Å². The summed E-state index contributed by atoms with van der Waals surface area (Å²) >= 11 is 6.24. The molecule has 0 saturated carbocycles. The van der Waals surface area contributed by atoms with Gasteiger partial charge in [-0.2, -0.15) is 10.2 Å². The Morgan fingerprint density at radius 2 is 2.09 bits per heavy atom. The van der Waals surface area contributed by atoms with Crippen molar-refractivity contribution in [2.45, 2.75) is 26.4 Å². The number of nitrogens with zero attached hydrogens (tertiary/aromatic N) is 6. The molecule has 0 radical (unpaired) electrons. The first-order valence-corrected chi connectivity index (χ1v) is 10.9. The van der Waals surface area contributed by atoms with E-state index in [-0.39, 0.29) is 18.5 Å². The summed E-state index contributed by atoms with van der Waals surface area (Å²) in [6.45, 7) is 3.86. The number of aromatic nitrogens is 5. The number of likely N-dealkylation sites (N-methyl/N-ethyl adjacent to an activating group) is 1. The van der Waals surface area contributed by atoms with Gasteiger partial charge in [-0.15, -0.1) is 0 Å². The first-order valence-electron chi connectivity index (χ1n) is 10.5. The molecule has 0 bridgehead atoms. The van der Waals surface area contributed by atoms with E-state index in [1.165, 1.54) is 22.5 Å². The number of carbonyl (C=O) groups excluding carboxylic acids is 2. The van der Waals surface area contributed by atoms with Gasteiger partial charge in [-0.1, -0.05) is 11.6 Å². The molecular weight excluding hydrogens is 458 g/mol. The first-order chi connectivity index (χ1) is 16.3. The second kappa shape index (κ2) is 9.52. The molecule has 2 amide bonds. The highest BCUT2D eigenvalue weighted by molar-refractivity contribution is 6.31. The highest BCUT2D eigenvalue weighted by Crippen LogP contribution is 2.36.